The van der Waals surface area contributed by atoms with Gasteiger partial charge in [-0.3, -0.25) is 0 Å². The van der Waals surface area contributed by atoms with Crippen LogP contribution in [0, 0.1) is 0 Å². The maximum Gasteiger partial charge on any atom is 0.0730 e. The average molecular weight is 714 g/mol. The molecule has 0 bridgehead atoms. The van der Waals surface area contributed by atoms with Crippen LogP contribution in [0.4, 0.5) is 0 Å². The molecule has 0 unspecified atom stereocenters. The summed E-state index contributed by atoms with van der Waals surface area (Å²) < 4.78 is 4.86. The molecule has 0 saturated carbocycles. The van der Waals surface area contributed by atoms with Gasteiger partial charge in [0.25, 0.3) is 0 Å². The van der Waals surface area contributed by atoms with E-state index in [4.69, 9.17) is 4.98 Å². The summed E-state index contributed by atoms with van der Waals surface area (Å²) in [6, 6.07) is 76.3. The summed E-state index contributed by atoms with van der Waals surface area (Å²) in [5.41, 5.74) is 15.8. The Morgan fingerprint density at radius 1 is 0.250 bits per heavy atom. The number of hydrogen-bond acceptors (Lipinski definition) is 1. The molecule has 262 valence electrons. The molecule has 8 aromatic carbocycles. The third-order valence-electron chi connectivity index (χ3n) is 11.1. The van der Waals surface area contributed by atoms with Gasteiger partial charge in [-0.05, 0) is 70.8 Å². The van der Waals surface area contributed by atoms with Gasteiger partial charge in [-0.15, -0.1) is 0 Å². The third kappa shape index (κ3) is 5.32. The number of pyridine rings is 1. The van der Waals surface area contributed by atoms with Gasteiger partial charge in [-0.1, -0.05) is 164 Å². The van der Waals surface area contributed by atoms with Gasteiger partial charge in [0.15, 0.2) is 0 Å². The fourth-order valence-corrected chi connectivity index (χ4v) is 8.46. The van der Waals surface area contributed by atoms with E-state index in [1.54, 1.807) is 0 Å². The van der Waals surface area contributed by atoms with Crippen molar-refractivity contribution in [3.05, 3.63) is 212 Å². The molecule has 3 heterocycles. The van der Waals surface area contributed by atoms with Gasteiger partial charge in [0.05, 0.1) is 39.1 Å². The number of aromatic nitrogens is 3. The third-order valence-corrected chi connectivity index (χ3v) is 11.1. The van der Waals surface area contributed by atoms with E-state index in [0.717, 1.165) is 44.9 Å². The molecule has 0 aliphatic rings. The van der Waals surface area contributed by atoms with Crippen LogP contribution in [0.3, 0.4) is 0 Å². The van der Waals surface area contributed by atoms with E-state index in [1.807, 2.05) is 0 Å². The molecule has 0 atom stereocenters. The highest BCUT2D eigenvalue weighted by atomic mass is 15.0. The van der Waals surface area contributed by atoms with Crippen LogP contribution in [-0.4, -0.2) is 14.1 Å². The summed E-state index contributed by atoms with van der Waals surface area (Å²) in [6.45, 7) is 0. The Balaban J connectivity index is 1.13. The van der Waals surface area contributed by atoms with E-state index in [1.165, 1.54) is 54.8 Å². The first-order valence-electron chi connectivity index (χ1n) is 19.1. The molecule has 3 nitrogen and oxygen atoms in total. The van der Waals surface area contributed by atoms with Crippen LogP contribution in [0.1, 0.15) is 0 Å². The quantitative estimate of drug-likeness (QED) is 0.168. The van der Waals surface area contributed by atoms with Crippen molar-refractivity contribution in [1.29, 1.82) is 0 Å². The normalized spacial score (nSPS) is 11.6. The van der Waals surface area contributed by atoms with E-state index in [9.17, 15) is 0 Å². The zero-order chi connectivity index (χ0) is 37.0. The molecule has 0 fully saturated rings. The molecule has 0 saturated heterocycles. The van der Waals surface area contributed by atoms with Crippen molar-refractivity contribution in [3.8, 4) is 56.1 Å². The molecule has 0 aliphatic carbocycles. The van der Waals surface area contributed by atoms with Crippen molar-refractivity contribution in [1.82, 2.24) is 14.1 Å². The Kier molecular flexibility index (Phi) is 7.49. The van der Waals surface area contributed by atoms with Crippen molar-refractivity contribution in [2.75, 3.05) is 0 Å². The highest BCUT2D eigenvalue weighted by Gasteiger charge is 2.20. The number of para-hydroxylation sites is 2. The van der Waals surface area contributed by atoms with Crippen LogP contribution in [0.2, 0.25) is 0 Å². The van der Waals surface area contributed by atoms with E-state index in [-0.39, 0.29) is 0 Å². The lowest BCUT2D eigenvalue weighted by atomic mass is 10.00. The van der Waals surface area contributed by atoms with Gasteiger partial charge in [0.2, 0.25) is 0 Å². The number of rotatable bonds is 6. The molecular weight excluding hydrogens is 679 g/mol. The zero-order valence-corrected chi connectivity index (χ0v) is 30.5. The number of benzene rings is 8. The van der Waals surface area contributed by atoms with Gasteiger partial charge < -0.3 is 9.13 Å². The first-order chi connectivity index (χ1) is 27.8. The molecule has 56 heavy (non-hydrogen) atoms. The molecule has 3 heteroatoms. The van der Waals surface area contributed by atoms with Crippen molar-refractivity contribution < 1.29 is 0 Å². The van der Waals surface area contributed by atoms with Gasteiger partial charge in [0.1, 0.15) is 0 Å². The summed E-state index contributed by atoms with van der Waals surface area (Å²) in [6.07, 6.45) is 0. The predicted molar refractivity (Wildman–Crippen MR) is 235 cm³/mol. The maximum atomic E-state index is 5.20. The van der Waals surface area contributed by atoms with Crippen molar-refractivity contribution in [2.45, 2.75) is 0 Å². The van der Waals surface area contributed by atoms with Gasteiger partial charge in [0, 0.05) is 38.4 Å². The van der Waals surface area contributed by atoms with E-state index < -0.39 is 0 Å². The van der Waals surface area contributed by atoms with Gasteiger partial charge >= 0.3 is 0 Å². The summed E-state index contributed by atoms with van der Waals surface area (Å²) in [4.78, 5) is 5.20. The Labute approximate surface area is 325 Å². The lowest BCUT2D eigenvalue weighted by Gasteiger charge is -2.13. The molecule has 0 amide bonds. The fraction of sp³-hybridized carbons (Fsp3) is 0. The Bertz CT molecular complexity index is 3150. The summed E-state index contributed by atoms with van der Waals surface area (Å²) in [5.74, 6) is 0. The molecule has 0 aliphatic heterocycles. The lowest BCUT2D eigenvalue weighted by molar-refractivity contribution is 1.16. The smallest absolute Gasteiger partial charge is 0.0730 e. The summed E-state index contributed by atoms with van der Waals surface area (Å²) in [5, 5.41) is 4.87. The topological polar surface area (TPSA) is 22.8 Å². The highest BCUT2D eigenvalue weighted by Crippen LogP contribution is 2.41. The summed E-state index contributed by atoms with van der Waals surface area (Å²) in [7, 11) is 0. The summed E-state index contributed by atoms with van der Waals surface area (Å²) >= 11 is 0. The molecule has 0 radical (unpaired) electrons. The average Bonchev–Trinajstić information content (AvgIpc) is 3.78. The highest BCUT2D eigenvalue weighted by molar-refractivity contribution is 6.19. The zero-order valence-electron chi connectivity index (χ0n) is 30.5. The SMILES string of the molecule is c1ccc(-c2ccc(-c3cccc(-n4c5ccccc5c5cc6c(cc54)c4ccccc4n6-c4cc(-c5ccccc5)nc(-c5ccccc5)c4)c3)cc2)cc1. The minimum absolute atomic E-state index is 0.945. The number of hydrogen-bond donors (Lipinski definition) is 0. The molecular formula is C53H35N3. The largest absolute Gasteiger partial charge is 0.309 e. The van der Waals surface area contributed by atoms with Crippen LogP contribution < -0.4 is 0 Å². The van der Waals surface area contributed by atoms with Crippen LogP contribution in [-0.2, 0) is 0 Å². The molecule has 0 spiro atoms. The van der Waals surface area contributed by atoms with Crippen molar-refractivity contribution in [3.63, 3.8) is 0 Å². The maximum absolute atomic E-state index is 5.20. The molecule has 11 rings (SSSR count). The lowest BCUT2D eigenvalue weighted by Crippen LogP contribution is -1.98. The second-order valence-electron chi connectivity index (χ2n) is 14.4. The Morgan fingerprint density at radius 2 is 0.661 bits per heavy atom. The van der Waals surface area contributed by atoms with Gasteiger partial charge in [-0.2, -0.15) is 0 Å². The Hall–Kier alpha value is -7.49. The first kappa shape index (κ1) is 32.0. The van der Waals surface area contributed by atoms with Gasteiger partial charge in [-0.25, -0.2) is 4.98 Å². The van der Waals surface area contributed by atoms with E-state index in [2.05, 4.69) is 221 Å². The van der Waals surface area contributed by atoms with E-state index >= 15 is 0 Å². The number of nitrogens with zero attached hydrogens (tertiary/aromatic N) is 3. The second-order valence-corrected chi connectivity index (χ2v) is 14.4. The first-order valence-corrected chi connectivity index (χ1v) is 19.1. The monoisotopic (exact) mass is 713 g/mol. The second kappa shape index (κ2) is 13.1. The number of fused-ring (bicyclic) bond motifs is 6. The molecule has 0 N–H and O–H groups in total. The molecule has 3 aromatic heterocycles. The van der Waals surface area contributed by atoms with E-state index in [0.29, 0.717) is 0 Å². The van der Waals surface area contributed by atoms with Crippen molar-refractivity contribution >= 4 is 43.6 Å². The van der Waals surface area contributed by atoms with Crippen LogP contribution in [0.5, 0.6) is 0 Å². The predicted octanol–water partition coefficient (Wildman–Crippen LogP) is 13.9. The van der Waals surface area contributed by atoms with Crippen molar-refractivity contribution in [2.24, 2.45) is 0 Å². The van der Waals surface area contributed by atoms with Crippen LogP contribution in [0.15, 0.2) is 212 Å². The van der Waals surface area contributed by atoms with Crippen LogP contribution >= 0.6 is 0 Å². The van der Waals surface area contributed by atoms with Crippen LogP contribution in [0.25, 0.3) is 99.8 Å². The fourth-order valence-electron chi connectivity index (χ4n) is 8.46. The standard InChI is InChI=1S/C53H35N3/c1-4-15-36(16-5-1)37-27-29-38(30-28-37)41-21-14-22-42(31-41)55-50-25-12-10-23-44(50)46-35-53-47(34-52(46)55)45-24-11-13-26-51(45)56(53)43-32-48(39-17-6-2-7-18-39)54-49(33-43)40-19-8-3-9-20-40/h1-35H. The minimum Gasteiger partial charge on any atom is -0.309 e. The molecule has 11 aromatic rings. The minimum atomic E-state index is 0.945. The Morgan fingerprint density at radius 3 is 1.20 bits per heavy atom.